The van der Waals surface area contributed by atoms with E-state index in [4.69, 9.17) is 14.7 Å². The number of aromatic amines is 2. The SMILES string of the molecule is CN1CCC[C@@H]1Cc1c[nH]c2ccc(-c3nc(Cc4ccccc4)cs3)cc12.O=C(OCc1ccccc1)N1CCC[C@@H]1Cc1c[nH]c2ccc(-c3nc(Cc4ccccc4)cs3)cc12. The number of carbonyl (C=O) groups is 1. The maximum atomic E-state index is 12.9. The zero-order valence-electron chi connectivity index (χ0n) is 36.8. The number of carbonyl (C=O) groups excluding carboxylic acids is 1. The number of H-pyrrole nitrogens is 2. The highest BCUT2D eigenvalue weighted by atomic mass is 32.1. The van der Waals surface area contributed by atoms with E-state index in [0.29, 0.717) is 12.6 Å². The Bertz CT molecular complexity index is 2970. The van der Waals surface area contributed by atoms with Gasteiger partial charge in [-0.3, -0.25) is 0 Å². The van der Waals surface area contributed by atoms with E-state index in [1.165, 1.54) is 63.5 Å². The Balaban J connectivity index is 0.000000159. The molecule has 0 bridgehead atoms. The summed E-state index contributed by atoms with van der Waals surface area (Å²) >= 11 is 3.43. The number of thiazole rings is 2. The summed E-state index contributed by atoms with van der Waals surface area (Å²) < 4.78 is 5.64. The third-order valence-corrected chi connectivity index (χ3v) is 14.9. The first-order chi connectivity index (χ1) is 32.0. The van der Waals surface area contributed by atoms with Gasteiger partial charge in [-0.25, -0.2) is 14.8 Å². The Morgan fingerprint density at radius 2 is 1.12 bits per heavy atom. The topological polar surface area (TPSA) is 90.1 Å². The number of aromatic nitrogens is 4. The van der Waals surface area contributed by atoms with Crippen LogP contribution in [-0.2, 0) is 37.0 Å². The second-order valence-corrected chi connectivity index (χ2v) is 19.2. The molecule has 2 atom stereocenters. The lowest BCUT2D eigenvalue weighted by molar-refractivity contribution is 0.0921. The molecule has 2 fully saturated rings. The van der Waals surface area contributed by atoms with Crippen molar-refractivity contribution in [2.45, 2.75) is 70.1 Å². The van der Waals surface area contributed by atoms with Crippen LogP contribution in [0.2, 0.25) is 0 Å². The molecule has 9 aromatic rings. The van der Waals surface area contributed by atoms with Gasteiger partial charge in [0.1, 0.15) is 16.6 Å². The van der Waals surface area contributed by atoms with E-state index in [-0.39, 0.29) is 12.1 Å². The van der Waals surface area contributed by atoms with Crippen LogP contribution in [0.1, 0.15) is 64.9 Å². The van der Waals surface area contributed by atoms with Gasteiger partial charge in [-0.1, -0.05) is 91.0 Å². The summed E-state index contributed by atoms with van der Waals surface area (Å²) in [5.41, 5.74) is 13.2. The number of nitrogens with one attached hydrogen (secondary N) is 2. The van der Waals surface area contributed by atoms with Crippen LogP contribution >= 0.6 is 22.7 Å². The lowest BCUT2D eigenvalue weighted by Crippen LogP contribution is -2.37. The van der Waals surface area contributed by atoms with Crippen molar-refractivity contribution in [1.29, 1.82) is 0 Å². The van der Waals surface area contributed by atoms with Crippen LogP contribution in [0.15, 0.2) is 151 Å². The quantitative estimate of drug-likeness (QED) is 0.127. The van der Waals surface area contributed by atoms with Gasteiger partial charge >= 0.3 is 6.09 Å². The molecular formula is C55H54N6O2S2. The van der Waals surface area contributed by atoms with E-state index in [0.717, 1.165) is 83.1 Å². The monoisotopic (exact) mass is 894 g/mol. The van der Waals surface area contributed by atoms with Crippen LogP contribution in [0.25, 0.3) is 42.9 Å². The third-order valence-electron chi connectivity index (χ3n) is 13.0. The predicted octanol–water partition coefficient (Wildman–Crippen LogP) is 12.7. The fourth-order valence-corrected chi connectivity index (χ4v) is 11.1. The smallest absolute Gasteiger partial charge is 0.410 e. The van der Waals surface area contributed by atoms with Gasteiger partial charge in [-0.2, -0.15) is 0 Å². The largest absolute Gasteiger partial charge is 0.445 e. The maximum absolute atomic E-state index is 12.9. The number of benzene rings is 5. The second-order valence-electron chi connectivity index (χ2n) is 17.5. The van der Waals surface area contributed by atoms with E-state index < -0.39 is 0 Å². The van der Waals surface area contributed by atoms with E-state index in [2.05, 4.69) is 136 Å². The lowest BCUT2D eigenvalue weighted by Gasteiger charge is -2.24. The third kappa shape index (κ3) is 10.2. The normalized spacial score (nSPS) is 16.3. The number of rotatable bonds is 12. The summed E-state index contributed by atoms with van der Waals surface area (Å²) in [6, 6.07) is 44.9. The standard InChI is InChI=1S/C31H29N3O2S.C24H25N3S/c35-31(36-20-23-10-5-2-6-11-23)34-15-7-12-27(34)17-25-19-32-29-14-13-24(18-28(25)29)30-33-26(21-37-30)16-22-8-3-1-4-9-22;1-27-11-5-8-21(27)13-19-15-25-23-10-9-18(14-22(19)23)24-26-20(16-28-24)12-17-6-3-2-4-7-17/h1-6,8-11,13-14,18-19,21,27,32H,7,12,15-17,20H2;2-4,6-7,9-10,14-16,21,25H,5,8,11-13H2,1H3/t27-;21-/m11/s1. The molecule has 4 aromatic heterocycles. The van der Waals surface area contributed by atoms with Gasteiger partial charge in [0.05, 0.1) is 11.4 Å². The van der Waals surface area contributed by atoms with Gasteiger partial charge in [0.25, 0.3) is 0 Å². The minimum Gasteiger partial charge on any atom is -0.445 e. The highest BCUT2D eigenvalue weighted by Gasteiger charge is 2.31. The Morgan fingerprint density at radius 3 is 1.65 bits per heavy atom. The van der Waals surface area contributed by atoms with E-state index >= 15 is 0 Å². The van der Waals surface area contributed by atoms with Gasteiger partial charge in [0.2, 0.25) is 0 Å². The molecule has 0 saturated carbocycles. The summed E-state index contributed by atoms with van der Waals surface area (Å²) in [6.07, 6.45) is 12.3. The predicted molar refractivity (Wildman–Crippen MR) is 267 cm³/mol. The summed E-state index contributed by atoms with van der Waals surface area (Å²) in [5, 5.41) is 9.03. The molecule has 6 heterocycles. The van der Waals surface area contributed by atoms with Crippen molar-refractivity contribution in [3.05, 3.63) is 190 Å². The molecule has 2 aliphatic heterocycles. The number of hydrogen-bond donors (Lipinski definition) is 2. The fraction of sp³-hybridized carbons (Fsp3) is 0.255. The average molecular weight is 895 g/mol. The molecular weight excluding hydrogens is 841 g/mol. The molecule has 8 nitrogen and oxygen atoms in total. The molecule has 10 heteroatoms. The molecule has 5 aromatic carbocycles. The van der Waals surface area contributed by atoms with Gasteiger partial charge < -0.3 is 24.5 Å². The van der Waals surface area contributed by atoms with Crippen LogP contribution in [-0.4, -0.2) is 68.0 Å². The number of hydrogen-bond acceptors (Lipinski definition) is 7. The zero-order valence-corrected chi connectivity index (χ0v) is 38.4. The molecule has 0 radical (unpaired) electrons. The minimum absolute atomic E-state index is 0.142. The van der Waals surface area contributed by atoms with Crippen molar-refractivity contribution in [2.75, 3.05) is 20.1 Å². The average Bonchev–Trinajstić information content (AvgIpc) is 4.23. The first-order valence-electron chi connectivity index (χ1n) is 22.8. The Labute approximate surface area is 389 Å². The minimum atomic E-state index is -0.222. The van der Waals surface area contributed by atoms with E-state index in [1.807, 2.05) is 41.3 Å². The number of likely N-dealkylation sites (N-methyl/N-ethyl adjacent to an activating group) is 1. The maximum Gasteiger partial charge on any atom is 0.410 e. The molecule has 328 valence electrons. The van der Waals surface area contributed by atoms with E-state index in [1.54, 1.807) is 22.7 Å². The lowest BCUT2D eigenvalue weighted by atomic mass is 10.0. The van der Waals surface area contributed by atoms with Crippen LogP contribution in [0.4, 0.5) is 4.79 Å². The van der Waals surface area contributed by atoms with Crippen molar-refractivity contribution in [3.63, 3.8) is 0 Å². The summed E-state index contributed by atoms with van der Waals surface area (Å²) in [7, 11) is 2.25. The first-order valence-corrected chi connectivity index (χ1v) is 24.6. The fourth-order valence-electron chi connectivity index (χ4n) is 9.45. The van der Waals surface area contributed by atoms with Crippen molar-refractivity contribution in [2.24, 2.45) is 0 Å². The molecule has 11 rings (SSSR count). The molecule has 1 amide bonds. The van der Waals surface area contributed by atoms with E-state index in [9.17, 15) is 4.79 Å². The molecule has 65 heavy (non-hydrogen) atoms. The molecule has 2 saturated heterocycles. The number of ether oxygens (including phenoxy) is 1. The molecule has 2 aliphatic rings. The van der Waals surface area contributed by atoms with Crippen molar-refractivity contribution in [3.8, 4) is 21.1 Å². The van der Waals surface area contributed by atoms with Crippen LogP contribution in [0.3, 0.4) is 0 Å². The highest BCUT2D eigenvalue weighted by molar-refractivity contribution is 7.13. The van der Waals surface area contributed by atoms with Gasteiger partial charge in [-0.15, -0.1) is 22.7 Å². The van der Waals surface area contributed by atoms with Gasteiger partial charge in [0, 0.05) is 87.6 Å². The molecule has 2 N–H and O–H groups in total. The van der Waals surface area contributed by atoms with Crippen LogP contribution in [0.5, 0.6) is 0 Å². The zero-order chi connectivity index (χ0) is 44.0. The van der Waals surface area contributed by atoms with Crippen molar-refractivity contribution >= 4 is 50.6 Å². The van der Waals surface area contributed by atoms with Crippen LogP contribution in [0, 0.1) is 0 Å². The Morgan fingerprint density at radius 1 is 0.631 bits per heavy atom. The summed E-state index contributed by atoms with van der Waals surface area (Å²) in [6.45, 7) is 2.27. The van der Waals surface area contributed by atoms with Gasteiger partial charge in [-0.05, 0) is 116 Å². The summed E-state index contributed by atoms with van der Waals surface area (Å²) in [5.74, 6) is 0. The molecule has 0 spiro atoms. The Kier molecular flexibility index (Phi) is 13.0. The number of nitrogens with zero attached hydrogens (tertiary/aromatic N) is 4. The number of amides is 1. The van der Waals surface area contributed by atoms with Crippen molar-refractivity contribution in [1.82, 2.24) is 29.7 Å². The molecule has 0 unspecified atom stereocenters. The second kappa shape index (κ2) is 19.8. The first kappa shape index (κ1) is 42.6. The number of fused-ring (bicyclic) bond motifs is 2. The Hall–Kier alpha value is -6.33. The highest BCUT2D eigenvalue weighted by Crippen LogP contribution is 2.33. The number of likely N-dealkylation sites (tertiary alicyclic amines) is 2. The van der Waals surface area contributed by atoms with Crippen LogP contribution < -0.4 is 0 Å². The van der Waals surface area contributed by atoms with Crippen molar-refractivity contribution < 1.29 is 9.53 Å². The summed E-state index contributed by atoms with van der Waals surface area (Å²) in [4.78, 5) is 34.0. The van der Waals surface area contributed by atoms with Gasteiger partial charge in [0.15, 0.2) is 0 Å². The molecule has 0 aliphatic carbocycles.